The molecule has 2 amide bonds. The van der Waals surface area contributed by atoms with Gasteiger partial charge in [-0.1, -0.05) is 29.3 Å². The molecule has 1 aromatic heterocycles. The maximum atomic E-state index is 13.7. The zero-order valence-corrected chi connectivity index (χ0v) is 28.2. The van der Waals surface area contributed by atoms with E-state index in [0.717, 1.165) is 24.3 Å². The largest absolute Gasteiger partial charge is 0.444 e. The second-order valence-electron chi connectivity index (χ2n) is 14.0. The van der Waals surface area contributed by atoms with Gasteiger partial charge in [0.1, 0.15) is 5.60 Å². The summed E-state index contributed by atoms with van der Waals surface area (Å²) in [5.41, 5.74) is 2.94. The Labute approximate surface area is 281 Å². The Bertz CT molecular complexity index is 1690. The van der Waals surface area contributed by atoms with E-state index >= 15 is 0 Å². The first-order valence-electron chi connectivity index (χ1n) is 15.9. The number of hydrogen-bond donors (Lipinski definition) is 3. The Hall–Kier alpha value is -3.38. The zero-order chi connectivity index (χ0) is 33.8. The summed E-state index contributed by atoms with van der Waals surface area (Å²) in [6, 6.07) is 6.78. The second kappa shape index (κ2) is 12.6. The highest BCUT2D eigenvalue weighted by atomic mass is 35.5. The molecule has 2 unspecified atom stereocenters. The van der Waals surface area contributed by atoms with E-state index in [1.54, 1.807) is 39.0 Å². The number of ether oxygens (including phenoxy) is 1. The van der Waals surface area contributed by atoms with Crippen LogP contribution in [0.25, 0.3) is 11.0 Å². The van der Waals surface area contributed by atoms with Gasteiger partial charge in [0.25, 0.3) is 5.91 Å². The Kier molecular flexibility index (Phi) is 8.97. The molecule has 0 radical (unpaired) electrons. The van der Waals surface area contributed by atoms with Crippen LogP contribution >= 0.6 is 23.2 Å². The average molecular weight is 696 g/mol. The summed E-state index contributed by atoms with van der Waals surface area (Å²) in [6.45, 7) is 7.15. The maximum absolute atomic E-state index is 13.7. The average Bonchev–Trinajstić information content (AvgIpc) is 3.47. The quantitative estimate of drug-likeness (QED) is 0.232. The molecular formula is C33H39Cl2F3N6O3. The summed E-state index contributed by atoms with van der Waals surface area (Å²) in [7, 11) is 1.84. The Morgan fingerprint density at radius 3 is 2.36 bits per heavy atom. The number of carbonyl (C=O) groups is 2. The van der Waals surface area contributed by atoms with Crippen LogP contribution in [0.1, 0.15) is 68.8 Å². The van der Waals surface area contributed by atoms with Gasteiger partial charge in [0, 0.05) is 32.7 Å². The lowest BCUT2D eigenvalue weighted by Gasteiger charge is -2.31. The van der Waals surface area contributed by atoms with E-state index in [-0.39, 0.29) is 44.2 Å². The van der Waals surface area contributed by atoms with E-state index in [1.165, 1.54) is 6.42 Å². The molecule has 2 heterocycles. The van der Waals surface area contributed by atoms with Gasteiger partial charge in [0.15, 0.2) is 0 Å². The van der Waals surface area contributed by atoms with E-state index in [4.69, 9.17) is 32.9 Å². The fourth-order valence-corrected chi connectivity index (χ4v) is 7.18. The molecule has 2 aliphatic carbocycles. The van der Waals surface area contributed by atoms with Crippen LogP contribution in [0.4, 0.5) is 35.3 Å². The van der Waals surface area contributed by atoms with Crippen molar-refractivity contribution < 1.29 is 27.5 Å². The van der Waals surface area contributed by atoms with Gasteiger partial charge in [0.2, 0.25) is 5.95 Å². The Morgan fingerprint density at radius 2 is 1.72 bits per heavy atom. The first kappa shape index (κ1) is 33.5. The van der Waals surface area contributed by atoms with Crippen molar-refractivity contribution in [2.75, 3.05) is 23.3 Å². The molecule has 2 aromatic carbocycles. The van der Waals surface area contributed by atoms with Crippen LogP contribution in [0.15, 0.2) is 24.3 Å². The maximum Gasteiger partial charge on any atom is 0.407 e. The molecule has 9 nitrogen and oxygen atoms in total. The van der Waals surface area contributed by atoms with Crippen LogP contribution in [0, 0.1) is 17.8 Å². The Morgan fingerprint density at radius 1 is 1.04 bits per heavy atom. The SMILES string of the molecule is Cn1c(Nc2c(Cl)ccc(CNC(=O)OC(C)(C)C)c2Cl)nc2cc(C(=O)NC3CCC(C(F)(F)F)CC3)c(N3CC4CC4C3)cc21. The molecule has 0 spiro atoms. The monoisotopic (exact) mass is 694 g/mol. The number of amides is 2. The topological polar surface area (TPSA) is 101 Å². The minimum Gasteiger partial charge on any atom is -0.444 e. The number of rotatable bonds is 7. The number of alkyl carbamates (subject to hydrolysis) is 1. The Balaban J connectivity index is 1.25. The molecule has 3 N–H and O–H groups in total. The number of piperidine rings is 1. The van der Waals surface area contributed by atoms with Crippen molar-refractivity contribution in [3.63, 3.8) is 0 Å². The van der Waals surface area contributed by atoms with Crippen molar-refractivity contribution in [1.82, 2.24) is 20.2 Å². The molecule has 6 rings (SSSR count). The van der Waals surface area contributed by atoms with Crippen molar-refractivity contribution in [3.05, 3.63) is 45.4 Å². The number of fused-ring (bicyclic) bond motifs is 2. The third kappa shape index (κ3) is 7.38. The fourth-order valence-electron chi connectivity index (χ4n) is 6.65. The molecule has 14 heteroatoms. The van der Waals surface area contributed by atoms with Crippen LogP contribution in [0.3, 0.4) is 0 Å². The number of hydrogen-bond acceptors (Lipinski definition) is 6. The molecule has 254 valence electrons. The molecular weight excluding hydrogens is 656 g/mol. The molecule has 2 atom stereocenters. The third-order valence-electron chi connectivity index (χ3n) is 9.32. The van der Waals surface area contributed by atoms with Crippen molar-refractivity contribution in [2.45, 2.75) is 77.2 Å². The summed E-state index contributed by atoms with van der Waals surface area (Å²) in [5.74, 6) is 0.0321. The lowest BCUT2D eigenvalue weighted by molar-refractivity contribution is -0.182. The second-order valence-corrected chi connectivity index (χ2v) is 14.7. The predicted molar refractivity (Wildman–Crippen MR) is 177 cm³/mol. The van der Waals surface area contributed by atoms with Crippen LogP contribution in [0.5, 0.6) is 0 Å². The first-order chi connectivity index (χ1) is 22.1. The number of alkyl halides is 3. The van der Waals surface area contributed by atoms with E-state index < -0.39 is 23.8 Å². The standard InChI is InChI=1S/C33H39Cl2F3N6O3/c1-32(2,3)47-31(46)39-14-17-5-10-23(34)28(27(17)35)42-30-41-24-12-22(29(45)40-21-8-6-20(7-9-21)33(36,37)38)25(13-26(24)43(30)4)44-15-18-11-19(18)16-44/h5,10,12-13,18-21H,6-9,11,14-16H2,1-4H3,(H,39,46)(H,40,45)(H,41,42). The van der Waals surface area contributed by atoms with Crippen LogP contribution in [-0.4, -0.2) is 52.5 Å². The minimum atomic E-state index is -4.21. The van der Waals surface area contributed by atoms with Gasteiger partial charge < -0.3 is 30.2 Å². The lowest BCUT2D eigenvalue weighted by Crippen LogP contribution is -2.40. The number of nitrogens with one attached hydrogen (secondary N) is 3. The zero-order valence-electron chi connectivity index (χ0n) is 26.7. The summed E-state index contributed by atoms with van der Waals surface area (Å²) in [6.07, 6.45) is -3.01. The lowest BCUT2D eigenvalue weighted by atomic mass is 9.85. The minimum absolute atomic E-state index is 0.00841. The number of carbonyl (C=O) groups excluding carboxylic acids is 2. The van der Waals surface area contributed by atoms with Gasteiger partial charge in [-0.05, 0) is 88.5 Å². The van der Waals surface area contributed by atoms with E-state index in [1.807, 2.05) is 17.7 Å². The fraction of sp³-hybridized carbons (Fsp3) is 0.545. The molecule has 0 bridgehead atoms. The predicted octanol–water partition coefficient (Wildman–Crippen LogP) is 7.96. The molecule has 3 aliphatic rings. The van der Waals surface area contributed by atoms with Crippen molar-refractivity contribution in [1.29, 1.82) is 0 Å². The van der Waals surface area contributed by atoms with Gasteiger partial charge >= 0.3 is 12.3 Å². The number of halogens is 5. The summed E-state index contributed by atoms with van der Waals surface area (Å²) in [4.78, 5) is 32.9. The summed E-state index contributed by atoms with van der Waals surface area (Å²) >= 11 is 13.3. The number of aromatic nitrogens is 2. The normalized spacial score (nSPS) is 22.6. The number of imidazole rings is 1. The van der Waals surface area contributed by atoms with E-state index in [9.17, 15) is 22.8 Å². The van der Waals surface area contributed by atoms with E-state index in [2.05, 4.69) is 20.9 Å². The highest BCUT2D eigenvalue weighted by molar-refractivity contribution is 6.39. The molecule has 2 saturated carbocycles. The number of nitrogens with zero attached hydrogens (tertiary/aromatic N) is 3. The van der Waals surface area contributed by atoms with E-state index in [0.29, 0.717) is 50.2 Å². The van der Waals surface area contributed by atoms with Gasteiger partial charge in [0.05, 0.1) is 43.9 Å². The van der Waals surface area contributed by atoms with Crippen LogP contribution < -0.4 is 20.9 Å². The number of benzene rings is 2. The van der Waals surface area contributed by atoms with Crippen molar-refractivity contribution >= 4 is 63.6 Å². The number of aryl methyl sites for hydroxylation is 1. The van der Waals surface area contributed by atoms with Crippen molar-refractivity contribution in [2.24, 2.45) is 24.8 Å². The van der Waals surface area contributed by atoms with Gasteiger partial charge in [-0.25, -0.2) is 9.78 Å². The summed E-state index contributed by atoms with van der Waals surface area (Å²) < 4.78 is 46.8. The molecule has 1 saturated heterocycles. The highest BCUT2D eigenvalue weighted by Gasteiger charge is 2.46. The van der Waals surface area contributed by atoms with Gasteiger partial charge in [-0.15, -0.1) is 0 Å². The molecule has 3 aromatic rings. The van der Waals surface area contributed by atoms with Crippen molar-refractivity contribution in [3.8, 4) is 0 Å². The molecule has 1 aliphatic heterocycles. The highest BCUT2D eigenvalue weighted by Crippen LogP contribution is 2.47. The summed E-state index contributed by atoms with van der Waals surface area (Å²) in [5, 5.41) is 9.61. The smallest absolute Gasteiger partial charge is 0.407 e. The molecule has 47 heavy (non-hydrogen) atoms. The third-order valence-corrected chi connectivity index (χ3v) is 10.1. The van der Waals surface area contributed by atoms with Crippen LogP contribution in [-0.2, 0) is 18.3 Å². The number of anilines is 3. The van der Waals surface area contributed by atoms with Gasteiger partial charge in [-0.2, -0.15) is 13.2 Å². The first-order valence-corrected chi connectivity index (χ1v) is 16.7. The molecule has 3 fully saturated rings. The van der Waals surface area contributed by atoms with Gasteiger partial charge in [-0.3, -0.25) is 4.79 Å². The van der Waals surface area contributed by atoms with Crippen LogP contribution in [0.2, 0.25) is 10.0 Å².